The van der Waals surface area contributed by atoms with Gasteiger partial charge in [0.15, 0.2) is 0 Å². The third-order valence-electron chi connectivity index (χ3n) is 6.99. The minimum absolute atomic E-state index is 0.0219. The first-order chi connectivity index (χ1) is 20.2. The van der Waals surface area contributed by atoms with Crippen LogP contribution in [0, 0.1) is 5.92 Å². The zero-order valence-corrected chi connectivity index (χ0v) is 25.1. The Morgan fingerprint density at radius 1 is 1.16 bits per heavy atom. The number of hydrogen-bond acceptors (Lipinski definition) is 7. The number of nitrogens with zero attached hydrogens (tertiary/aromatic N) is 2. The fourth-order valence-corrected chi connectivity index (χ4v) is 6.85. The van der Waals surface area contributed by atoms with E-state index in [1.807, 2.05) is 6.92 Å². The summed E-state index contributed by atoms with van der Waals surface area (Å²) in [6, 6.07) is 10.1. The van der Waals surface area contributed by atoms with Crippen molar-refractivity contribution >= 4 is 44.7 Å². The zero-order valence-electron chi connectivity index (χ0n) is 23.5. The summed E-state index contributed by atoms with van der Waals surface area (Å²) in [5, 5.41) is 16.5. The van der Waals surface area contributed by atoms with E-state index in [4.69, 9.17) is 4.74 Å². The first-order valence-corrected chi connectivity index (χ1v) is 15.5. The molecule has 1 aliphatic rings. The van der Waals surface area contributed by atoms with E-state index in [-0.39, 0.29) is 52.5 Å². The number of thiophene rings is 1. The van der Waals surface area contributed by atoms with Crippen LogP contribution in [0.3, 0.4) is 0 Å². The summed E-state index contributed by atoms with van der Waals surface area (Å²) < 4.78 is 72.2. The molecular formula is C28H31F3N4O6S2. The van der Waals surface area contributed by atoms with E-state index in [0.29, 0.717) is 0 Å². The molecule has 3 N–H and O–H groups in total. The lowest BCUT2D eigenvalue weighted by molar-refractivity contribution is -0.137. The summed E-state index contributed by atoms with van der Waals surface area (Å²) >= 11 is 1.10. The van der Waals surface area contributed by atoms with E-state index in [0.717, 1.165) is 35.6 Å². The molecule has 43 heavy (non-hydrogen) atoms. The molecule has 10 nitrogen and oxygen atoms in total. The Morgan fingerprint density at radius 2 is 1.81 bits per heavy atom. The number of amides is 3. The topological polar surface area (TPSA) is 128 Å². The molecule has 0 aliphatic carbocycles. The van der Waals surface area contributed by atoms with E-state index in [1.165, 1.54) is 40.5 Å². The minimum atomic E-state index is -4.51. The fraction of sp³-hybridized carbons (Fsp3) is 0.357. The number of nitrogens with one attached hydrogen (secondary N) is 2. The van der Waals surface area contributed by atoms with Gasteiger partial charge in [-0.15, -0.1) is 11.3 Å². The predicted molar refractivity (Wildman–Crippen MR) is 156 cm³/mol. The number of rotatable bonds is 8. The van der Waals surface area contributed by atoms with Gasteiger partial charge < -0.3 is 25.4 Å². The van der Waals surface area contributed by atoms with Crippen LogP contribution in [0.25, 0.3) is 0 Å². The van der Waals surface area contributed by atoms with Crippen LogP contribution >= 0.6 is 11.3 Å². The summed E-state index contributed by atoms with van der Waals surface area (Å²) in [6.45, 7) is 3.32. The maximum atomic E-state index is 13.6. The Hall–Kier alpha value is -3.66. The van der Waals surface area contributed by atoms with Crippen molar-refractivity contribution in [3.63, 3.8) is 0 Å². The van der Waals surface area contributed by atoms with Crippen LogP contribution in [0.15, 0.2) is 64.2 Å². The average Bonchev–Trinajstić information content (AvgIpc) is 3.51. The second-order valence-corrected chi connectivity index (χ2v) is 13.4. The SMILES string of the molecule is C[C@H]1CN([C@@H](C)CO)C(=O)c2cc(NC(=O)Nc3ccc(C(F)(F)F)cc3)ccc2O[C@@H]1CN(C)S(=O)(=O)c1cccs1. The van der Waals surface area contributed by atoms with Crippen molar-refractivity contribution in [1.82, 2.24) is 9.21 Å². The summed E-state index contributed by atoms with van der Waals surface area (Å²) in [5.41, 5.74) is -0.464. The standard InChI is InChI=1S/C28H31F3N4O6S2/c1-17-14-35(18(2)16-36)26(37)22-13-21(33-27(38)32-20-8-6-19(7-9-20)28(29,30)31)10-11-23(22)41-24(17)15-34(3)43(39,40)25-5-4-12-42-25/h4-13,17-18,24,36H,14-16H2,1-3H3,(H2,32,33,38)/t17-,18-,24+/m0/s1. The highest BCUT2D eigenvalue weighted by Crippen LogP contribution is 2.32. The van der Waals surface area contributed by atoms with Crippen LogP contribution < -0.4 is 15.4 Å². The van der Waals surface area contributed by atoms with Crippen LogP contribution in [-0.2, 0) is 16.2 Å². The predicted octanol–water partition coefficient (Wildman–Crippen LogP) is 4.95. The number of fused-ring (bicyclic) bond motifs is 1. The first-order valence-electron chi connectivity index (χ1n) is 13.2. The lowest BCUT2D eigenvalue weighted by atomic mass is 9.99. The Morgan fingerprint density at radius 3 is 2.42 bits per heavy atom. The summed E-state index contributed by atoms with van der Waals surface area (Å²) in [5.74, 6) is -0.639. The number of carbonyl (C=O) groups excluding carboxylic acids is 2. The summed E-state index contributed by atoms with van der Waals surface area (Å²) in [7, 11) is -2.33. The lowest BCUT2D eigenvalue weighted by Crippen LogP contribution is -2.50. The molecule has 0 fully saturated rings. The van der Waals surface area contributed by atoms with Gasteiger partial charge in [-0.05, 0) is 60.8 Å². The van der Waals surface area contributed by atoms with E-state index in [2.05, 4.69) is 10.6 Å². The molecule has 3 aromatic rings. The number of alkyl halides is 3. The molecule has 0 saturated carbocycles. The second-order valence-electron chi connectivity index (χ2n) is 10.2. The van der Waals surface area contributed by atoms with Gasteiger partial charge in [0, 0.05) is 30.9 Å². The van der Waals surface area contributed by atoms with Crippen molar-refractivity contribution in [2.45, 2.75) is 36.4 Å². The number of carbonyl (C=O) groups is 2. The molecule has 0 unspecified atom stereocenters. The van der Waals surface area contributed by atoms with Gasteiger partial charge in [0.05, 0.1) is 30.3 Å². The van der Waals surface area contributed by atoms with E-state index >= 15 is 0 Å². The number of sulfonamides is 1. The molecule has 4 rings (SSSR count). The number of halogens is 3. The Kier molecular flexibility index (Phi) is 9.69. The largest absolute Gasteiger partial charge is 0.488 e. The van der Waals surface area contributed by atoms with Crippen molar-refractivity contribution in [2.75, 3.05) is 37.4 Å². The van der Waals surface area contributed by atoms with E-state index in [9.17, 15) is 36.3 Å². The quantitative estimate of drug-likeness (QED) is 0.320. The second kappa shape index (κ2) is 12.9. The van der Waals surface area contributed by atoms with Gasteiger partial charge >= 0.3 is 12.2 Å². The third kappa shape index (κ3) is 7.47. The van der Waals surface area contributed by atoms with Crippen LogP contribution in [0.5, 0.6) is 5.75 Å². The van der Waals surface area contributed by atoms with Crippen LogP contribution in [0.4, 0.5) is 29.3 Å². The number of benzene rings is 2. The molecule has 1 aliphatic heterocycles. The normalized spacial score (nSPS) is 18.3. The lowest BCUT2D eigenvalue weighted by Gasteiger charge is -2.38. The molecule has 2 aromatic carbocycles. The monoisotopic (exact) mass is 640 g/mol. The average molecular weight is 641 g/mol. The van der Waals surface area contributed by atoms with Crippen molar-refractivity contribution in [3.8, 4) is 5.75 Å². The summed E-state index contributed by atoms with van der Waals surface area (Å²) in [6.07, 6.45) is -5.19. The number of ether oxygens (including phenoxy) is 1. The van der Waals surface area contributed by atoms with Crippen molar-refractivity contribution in [2.24, 2.45) is 5.92 Å². The highest BCUT2D eigenvalue weighted by Gasteiger charge is 2.35. The van der Waals surface area contributed by atoms with Gasteiger partial charge in [-0.1, -0.05) is 13.0 Å². The van der Waals surface area contributed by atoms with Crippen LogP contribution in [0.2, 0.25) is 0 Å². The summed E-state index contributed by atoms with van der Waals surface area (Å²) in [4.78, 5) is 27.7. The van der Waals surface area contributed by atoms with Gasteiger partial charge in [0.1, 0.15) is 16.1 Å². The third-order valence-corrected chi connectivity index (χ3v) is 10.2. The number of urea groups is 1. The Bertz CT molecular complexity index is 1550. The van der Waals surface area contributed by atoms with E-state index < -0.39 is 45.8 Å². The molecule has 232 valence electrons. The molecule has 2 heterocycles. The van der Waals surface area contributed by atoms with Crippen molar-refractivity contribution < 1.29 is 41.0 Å². The smallest absolute Gasteiger partial charge is 0.416 e. The molecule has 3 amide bonds. The minimum Gasteiger partial charge on any atom is -0.488 e. The fourth-order valence-electron chi connectivity index (χ4n) is 4.47. The molecule has 0 radical (unpaired) electrons. The van der Waals surface area contributed by atoms with Crippen molar-refractivity contribution in [3.05, 3.63) is 71.1 Å². The Balaban J connectivity index is 1.58. The van der Waals surface area contributed by atoms with Gasteiger partial charge in [-0.25, -0.2) is 13.2 Å². The number of aliphatic hydroxyl groups is 1. The van der Waals surface area contributed by atoms with E-state index in [1.54, 1.807) is 18.4 Å². The van der Waals surface area contributed by atoms with Gasteiger partial charge in [0.25, 0.3) is 15.9 Å². The molecule has 3 atom stereocenters. The van der Waals surface area contributed by atoms with Crippen LogP contribution in [0.1, 0.15) is 29.8 Å². The molecular weight excluding hydrogens is 609 g/mol. The number of likely N-dealkylation sites (N-methyl/N-ethyl adjacent to an activating group) is 1. The van der Waals surface area contributed by atoms with Gasteiger partial charge in [0.2, 0.25) is 0 Å². The van der Waals surface area contributed by atoms with Crippen LogP contribution in [-0.4, -0.2) is 73.6 Å². The first kappa shape index (κ1) is 32.3. The molecule has 1 aromatic heterocycles. The maximum Gasteiger partial charge on any atom is 0.416 e. The maximum absolute atomic E-state index is 13.6. The molecule has 0 saturated heterocycles. The molecule has 0 bridgehead atoms. The number of aliphatic hydroxyl groups excluding tert-OH is 1. The number of hydrogen-bond donors (Lipinski definition) is 3. The molecule has 15 heteroatoms. The highest BCUT2D eigenvalue weighted by molar-refractivity contribution is 7.91. The number of anilines is 2. The Labute approximate surface area is 251 Å². The van der Waals surface area contributed by atoms with Gasteiger partial charge in [-0.2, -0.15) is 17.5 Å². The molecule has 0 spiro atoms. The highest BCUT2D eigenvalue weighted by atomic mass is 32.2. The van der Waals surface area contributed by atoms with Gasteiger partial charge in [-0.3, -0.25) is 4.79 Å². The van der Waals surface area contributed by atoms with Crippen molar-refractivity contribution in [1.29, 1.82) is 0 Å². The zero-order chi connectivity index (χ0) is 31.5.